The normalized spacial score (nSPS) is 12.9. The third-order valence-corrected chi connectivity index (χ3v) is 15.4. The van der Waals surface area contributed by atoms with Crippen LogP contribution in [0.5, 0.6) is 0 Å². The molecule has 4 aromatic carbocycles. The molecule has 0 aliphatic rings. The summed E-state index contributed by atoms with van der Waals surface area (Å²) < 4.78 is 162. The van der Waals surface area contributed by atoms with E-state index in [9.17, 15) is 51.2 Å². The topological polar surface area (TPSA) is 143 Å². The lowest BCUT2D eigenvalue weighted by molar-refractivity contribution is 0.466. The van der Waals surface area contributed by atoms with Crippen LogP contribution in [0.4, 0.5) is 17.6 Å². The van der Waals surface area contributed by atoms with Gasteiger partial charge in [0.25, 0.3) is 40.1 Å². The molecule has 10 nitrogen and oxygen atoms in total. The van der Waals surface area contributed by atoms with Gasteiger partial charge in [0.2, 0.25) is 0 Å². The Morgan fingerprint density at radius 1 is 0.340 bits per heavy atom. The largest absolute Gasteiger partial charge is 0.256 e. The Kier molecular flexibility index (Phi) is 10.9. The lowest BCUT2D eigenvalue weighted by Gasteiger charge is -2.23. The minimum atomic E-state index is -4.84. The molecule has 0 heterocycles. The van der Waals surface area contributed by atoms with Crippen LogP contribution in [0.1, 0.15) is 19.3 Å². The number of halogens is 4. The van der Waals surface area contributed by atoms with Crippen LogP contribution in [0.2, 0.25) is 0 Å². The van der Waals surface area contributed by atoms with E-state index in [1.165, 1.54) is 0 Å². The third kappa shape index (κ3) is 8.07. The van der Waals surface area contributed by atoms with E-state index in [0.29, 0.717) is 0 Å². The minimum absolute atomic E-state index is 0.122. The summed E-state index contributed by atoms with van der Waals surface area (Å²) in [5.74, 6) is -3.14. The Morgan fingerprint density at radius 3 is 0.723 bits per heavy atom. The fourth-order valence-corrected chi connectivity index (χ4v) is 11.7. The number of nitrogens with zero attached hydrogens (tertiary/aromatic N) is 2. The van der Waals surface area contributed by atoms with Crippen LogP contribution in [0, 0.1) is 23.3 Å². The fraction of sp³-hybridized carbons (Fsp3) is 0.172. The monoisotopic (exact) mass is 734 g/mol. The summed E-state index contributed by atoms with van der Waals surface area (Å²) in [4.78, 5) is -2.25. The number of hydrogen-bond donors (Lipinski definition) is 0. The average Bonchev–Trinajstić information content (AvgIpc) is 3.01. The van der Waals surface area contributed by atoms with Gasteiger partial charge in [0.05, 0.1) is 19.6 Å². The molecule has 0 saturated carbocycles. The van der Waals surface area contributed by atoms with Gasteiger partial charge in [-0.3, -0.25) is 0 Å². The van der Waals surface area contributed by atoms with Gasteiger partial charge in [-0.2, -0.15) is 0 Å². The van der Waals surface area contributed by atoms with Crippen molar-refractivity contribution in [3.05, 3.63) is 120 Å². The van der Waals surface area contributed by atoms with E-state index >= 15 is 0 Å². The number of unbranched alkanes of at least 4 members (excludes halogenated alkanes) is 2. The highest BCUT2D eigenvalue weighted by atomic mass is 32.3. The van der Waals surface area contributed by atoms with Crippen molar-refractivity contribution in [1.82, 2.24) is 7.42 Å². The summed E-state index contributed by atoms with van der Waals surface area (Å²) in [7, 11) is -19.4. The van der Waals surface area contributed by atoms with Crippen molar-refractivity contribution in [2.45, 2.75) is 38.8 Å². The Morgan fingerprint density at radius 2 is 0.532 bits per heavy atom. The first-order valence-corrected chi connectivity index (χ1v) is 19.3. The zero-order valence-corrected chi connectivity index (χ0v) is 27.3. The van der Waals surface area contributed by atoms with Crippen LogP contribution in [-0.2, 0) is 40.1 Å². The molecular formula is C29H26F4N2O8S4. The summed E-state index contributed by atoms with van der Waals surface area (Å²) in [5.41, 5.74) is 0. The molecule has 0 aliphatic heterocycles. The first-order valence-electron chi connectivity index (χ1n) is 13.6. The summed E-state index contributed by atoms with van der Waals surface area (Å²) in [6.45, 7) is -1.43. The molecule has 0 N–H and O–H groups in total. The maximum Gasteiger partial charge on any atom is 0.256 e. The van der Waals surface area contributed by atoms with Crippen LogP contribution >= 0.6 is 0 Å². The molecule has 0 amide bonds. The number of hydrogen-bond acceptors (Lipinski definition) is 8. The molecule has 252 valence electrons. The predicted molar refractivity (Wildman–Crippen MR) is 162 cm³/mol. The van der Waals surface area contributed by atoms with Crippen LogP contribution in [0.25, 0.3) is 0 Å². The Balaban J connectivity index is 1.61. The maximum absolute atomic E-state index is 13.5. The van der Waals surface area contributed by atoms with Gasteiger partial charge in [-0.1, -0.05) is 13.8 Å². The summed E-state index contributed by atoms with van der Waals surface area (Å²) >= 11 is 0. The first-order chi connectivity index (χ1) is 22.0. The van der Waals surface area contributed by atoms with Crippen molar-refractivity contribution in [2.75, 3.05) is 13.1 Å². The van der Waals surface area contributed by atoms with E-state index in [2.05, 4.69) is 0 Å². The first kappa shape index (κ1) is 36.2. The molecule has 0 fully saturated rings. The second-order valence-corrected chi connectivity index (χ2v) is 17.8. The molecule has 47 heavy (non-hydrogen) atoms. The van der Waals surface area contributed by atoms with E-state index in [1.54, 1.807) is 0 Å². The lowest BCUT2D eigenvalue weighted by Crippen LogP contribution is -2.38. The Hall–Kier alpha value is -3.68. The smallest absolute Gasteiger partial charge is 0.207 e. The number of rotatable bonds is 14. The maximum atomic E-state index is 13.5. The van der Waals surface area contributed by atoms with Gasteiger partial charge in [-0.15, -0.1) is 0 Å². The summed E-state index contributed by atoms with van der Waals surface area (Å²) in [6, 6.07) is 13.4. The summed E-state index contributed by atoms with van der Waals surface area (Å²) in [5, 5.41) is 0. The molecule has 0 radical (unpaired) electrons. The molecule has 0 bridgehead atoms. The van der Waals surface area contributed by atoms with E-state index in [1.807, 2.05) is 0 Å². The lowest BCUT2D eigenvalue weighted by atomic mass is 10.2. The van der Waals surface area contributed by atoms with Crippen LogP contribution in [0.3, 0.4) is 0 Å². The highest BCUT2D eigenvalue weighted by Crippen LogP contribution is 2.28. The molecule has 0 saturated heterocycles. The zero-order valence-electron chi connectivity index (χ0n) is 24.1. The minimum Gasteiger partial charge on any atom is -0.207 e. The molecular weight excluding hydrogens is 709 g/mol. The van der Waals surface area contributed by atoms with E-state index in [0.717, 1.165) is 97.1 Å². The highest BCUT2D eigenvalue weighted by Gasteiger charge is 2.38. The fourth-order valence-electron chi connectivity index (χ4n) is 4.29. The molecule has 4 rings (SSSR count). The second-order valence-electron chi connectivity index (χ2n) is 9.89. The van der Waals surface area contributed by atoms with Crippen LogP contribution in [-0.4, -0.2) is 54.2 Å². The summed E-state index contributed by atoms with van der Waals surface area (Å²) in [6.07, 6.45) is -0.619. The quantitative estimate of drug-likeness (QED) is 0.132. The molecule has 0 atom stereocenters. The Labute approximate surface area is 270 Å². The predicted octanol–water partition coefficient (Wildman–Crippen LogP) is 4.87. The van der Waals surface area contributed by atoms with Crippen LogP contribution in [0.15, 0.2) is 117 Å². The molecule has 4 aromatic rings. The van der Waals surface area contributed by atoms with Gasteiger partial charge in [0.15, 0.2) is 0 Å². The van der Waals surface area contributed by atoms with Gasteiger partial charge in [-0.05, 0) is 110 Å². The highest BCUT2D eigenvalue weighted by molar-refractivity contribution is 8.04. The van der Waals surface area contributed by atoms with Gasteiger partial charge < -0.3 is 0 Å². The number of sulfonamides is 4. The molecule has 18 heteroatoms. The van der Waals surface area contributed by atoms with Crippen molar-refractivity contribution < 1.29 is 51.2 Å². The molecule has 0 aromatic heterocycles. The second kappa shape index (κ2) is 14.2. The zero-order chi connectivity index (χ0) is 34.6. The van der Waals surface area contributed by atoms with E-state index < -0.39 is 96.0 Å². The third-order valence-electron chi connectivity index (χ3n) is 6.70. The molecule has 0 aliphatic carbocycles. The average molecular weight is 735 g/mol. The van der Waals surface area contributed by atoms with Crippen molar-refractivity contribution in [1.29, 1.82) is 0 Å². The van der Waals surface area contributed by atoms with Crippen molar-refractivity contribution in [3.63, 3.8) is 0 Å². The van der Waals surface area contributed by atoms with Gasteiger partial charge >= 0.3 is 0 Å². The molecule has 0 unspecified atom stereocenters. The van der Waals surface area contributed by atoms with Crippen LogP contribution < -0.4 is 0 Å². The van der Waals surface area contributed by atoms with E-state index in [4.69, 9.17) is 0 Å². The van der Waals surface area contributed by atoms with Crippen molar-refractivity contribution in [3.8, 4) is 0 Å². The Bertz CT molecular complexity index is 1840. The van der Waals surface area contributed by atoms with E-state index in [-0.39, 0.29) is 26.7 Å². The van der Waals surface area contributed by atoms with Crippen molar-refractivity contribution >= 4 is 40.1 Å². The SMILES string of the molecule is O=S(=O)(c1ccc(F)cc1)N(CCCCCN(S(=O)(=O)c1ccc(F)cc1)S(=O)(=O)c1ccc(F)cc1)S(=O)(=O)c1ccc(F)cc1. The number of benzene rings is 4. The molecule has 0 spiro atoms. The standard InChI is InChI=1S/C29H26F4N2O8S4/c30-22-4-12-26(13-5-22)44(36,37)34(45(38,39)27-14-6-23(31)7-15-27)20-2-1-3-21-35(46(40,41)28-16-8-24(32)9-17-28)47(42,43)29-18-10-25(33)11-19-29/h4-19H,1-3,20-21H2. The van der Waals surface area contributed by atoms with Gasteiger partial charge in [0, 0.05) is 13.1 Å². The van der Waals surface area contributed by atoms with Gasteiger partial charge in [-0.25, -0.2) is 51.2 Å². The van der Waals surface area contributed by atoms with Gasteiger partial charge in [0.1, 0.15) is 23.3 Å². The van der Waals surface area contributed by atoms with Crippen molar-refractivity contribution in [2.24, 2.45) is 0 Å².